The van der Waals surface area contributed by atoms with Crippen molar-refractivity contribution in [1.29, 1.82) is 0 Å². The number of rotatable bonds is 0. The topological polar surface area (TPSA) is 92.2 Å². The molecule has 0 atom stereocenters. The second-order valence-corrected chi connectivity index (χ2v) is 0.378. The molecule has 7 heteroatoms. The Kier molecular flexibility index (Phi) is 63.7. The molecular weight excluding hydrogens is 194 g/mol. The maximum absolute atomic E-state index is 8.24. The minimum atomic E-state index is -0.417. The Balaban J connectivity index is -0.0000000400. The summed E-state index contributed by atoms with van der Waals surface area (Å²) in [4.78, 5) is 0. The standard InChI is InChI=1S/2ClO2.Ni/c2*2-1-3;/q2*-1;+2. The van der Waals surface area contributed by atoms with Crippen molar-refractivity contribution in [1.82, 2.24) is 0 Å². The summed E-state index contributed by atoms with van der Waals surface area (Å²) in [6.07, 6.45) is 0. The Morgan fingerprint density at radius 1 is 0.714 bits per heavy atom. The summed E-state index contributed by atoms with van der Waals surface area (Å²) < 4.78 is 32.9. The first-order valence-corrected chi connectivity index (χ1v) is 1.85. The first kappa shape index (κ1) is 15.7. The molecule has 7 heavy (non-hydrogen) atoms. The molecule has 0 aliphatic rings. The molecule has 0 aliphatic heterocycles. The third kappa shape index (κ3) is 200. The van der Waals surface area contributed by atoms with Crippen molar-refractivity contribution < 1.29 is 57.8 Å². The van der Waals surface area contributed by atoms with Crippen LogP contribution in [0.2, 0.25) is 0 Å². The van der Waals surface area contributed by atoms with Crippen LogP contribution in [0.15, 0.2) is 0 Å². The van der Waals surface area contributed by atoms with Crippen LogP contribution in [0.1, 0.15) is 0 Å². The summed E-state index contributed by atoms with van der Waals surface area (Å²) >= 11 is -0.833. The van der Waals surface area contributed by atoms with Crippen LogP contribution < -0.4 is 18.6 Å². The average Bonchev–Trinajstić information content (AvgIpc) is 1.39. The van der Waals surface area contributed by atoms with Crippen LogP contribution in [-0.4, -0.2) is 0 Å². The van der Waals surface area contributed by atoms with E-state index in [2.05, 4.69) is 0 Å². The quantitative estimate of drug-likeness (QED) is 0.361. The van der Waals surface area contributed by atoms with Gasteiger partial charge < -0.3 is 18.6 Å². The van der Waals surface area contributed by atoms with E-state index in [1.807, 2.05) is 0 Å². The largest absolute Gasteiger partial charge is 2.00 e. The van der Waals surface area contributed by atoms with Crippen LogP contribution in [0, 0.1) is 22.7 Å². The van der Waals surface area contributed by atoms with Gasteiger partial charge in [0.15, 0.2) is 0 Å². The molecule has 0 aliphatic carbocycles. The molecule has 0 aromatic carbocycles. The molecule has 4 nitrogen and oxygen atoms in total. The normalized spacial score (nSPS) is 5.14. The molecule has 0 rings (SSSR count). The summed E-state index contributed by atoms with van der Waals surface area (Å²) in [6.45, 7) is 0. The van der Waals surface area contributed by atoms with Crippen molar-refractivity contribution in [3.8, 4) is 0 Å². The summed E-state index contributed by atoms with van der Waals surface area (Å²) in [7, 11) is 0. The van der Waals surface area contributed by atoms with E-state index in [0.717, 1.165) is 0 Å². The van der Waals surface area contributed by atoms with Gasteiger partial charge in [-0.15, -0.1) is 0 Å². The fourth-order valence-electron chi connectivity index (χ4n) is 0. The Morgan fingerprint density at radius 3 is 0.714 bits per heavy atom. The molecule has 0 amide bonds. The van der Waals surface area contributed by atoms with E-state index >= 15 is 0 Å². The third-order valence-electron chi connectivity index (χ3n) is 0. The van der Waals surface area contributed by atoms with E-state index in [9.17, 15) is 0 Å². The minimum absolute atomic E-state index is 0. The number of halogens is 2. The average molecular weight is 194 g/mol. The maximum Gasteiger partial charge on any atom is 2.00 e. The SMILES string of the molecule is [Ni+2].[O-][Cl+][O-].[O-][Cl+][O-]. The maximum atomic E-state index is 8.24. The second kappa shape index (κ2) is 28.5. The number of hydrogen-bond donors (Lipinski definition) is 0. The van der Waals surface area contributed by atoms with Gasteiger partial charge in [-0.25, -0.2) is 0 Å². The van der Waals surface area contributed by atoms with Gasteiger partial charge in [0, 0.05) is 0 Å². The Hall–Kier alpha value is 0.914. The molecule has 0 saturated carbocycles. The predicted octanol–water partition coefficient (Wildman–Crippen LogP) is -4.76. The first-order valence-electron chi connectivity index (χ1n) is 0.617. The van der Waals surface area contributed by atoms with Gasteiger partial charge in [-0.2, -0.15) is 0 Å². The Labute approximate surface area is 58.2 Å². The Bertz CT molecular complexity index is 11.7. The zero-order valence-corrected chi connectivity index (χ0v) is 5.20. The summed E-state index contributed by atoms with van der Waals surface area (Å²) in [5.41, 5.74) is 0. The van der Waals surface area contributed by atoms with Gasteiger partial charge in [-0.1, -0.05) is 0 Å². The summed E-state index contributed by atoms with van der Waals surface area (Å²) in [5.74, 6) is 0. The Morgan fingerprint density at radius 2 is 0.714 bits per heavy atom. The molecule has 0 N–H and O–H groups in total. The molecule has 0 aromatic rings. The van der Waals surface area contributed by atoms with Gasteiger partial charge in [0.1, 0.15) is 0 Å². The predicted molar refractivity (Wildman–Crippen MR) is 0 cm³/mol. The van der Waals surface area contributed by atoms with Crippen LogP contribution in [0.3, 0.4) is 0 Å². The first-order chi connectivity index (χ1) is 2.83. The van der Waals surface area contributed by atoms with Crippen molar-refractivity contribution >= 4 is 0 Å². The minimum Gasteiger partial charge on any atom is -0.544 e. The van der Waals surface area contributed by atoms with Gasteiger partial charge in [0.25, 0.3) is 0 Å². The van der Waals surface area contributed by atoms with Crippen molar-refractivity contribution in [2.75, 3.05) is 0 Å². The van der Waals surface area contributed by atoms with E-state index in [4.69, 9.17) is 18.6 Å². The van der Waals surface area contributed by atoms with E-state index < -0.39 is 22.7 Å². The van der Waals surface area contributed by atoms with E-state index in [-0.39, 0.29) is 16.5 Å². The van der Waals surface area contributed by atoms with E-state index in [1.165, 1.54) is 0 Å². The molecular formula is Cl2NiO4. The van der Waals surface area contributed by atoms with Gasteiger partial charge in [-0.05, 0) is 0 Å². The molecule has 0 saturated heterocycles. The van der Waals surface area contributed by atoms with Crippen LogP contribution in [0.4, 0.5) is 0 Å². The van der Waals surface area contributed by atoms with Crippen molar-refractivity contribution in [2.45, 2.75) is 0 Å². The fraction of sp³-hybridized carbons (Fsp3) is 0. The smallest absolute Gasteiger partial charge is 0.544 e. The fourth-order valence-corrected chi connectivity index (χ4v) is 0. The van der Waals surface area contributed by atoms with Crippen molar-refractivity contribution in [3.63, 3.8) is 0 Å². The van der Waals surface area contributed by atoms with Crippen molar-refractivity contribution in [2.24, 2.45) is 0 Å². The third-order valence-corrected chi connectivity index (χ3v) is 0. The molecule has 0 spiro atoms. The molecule has 0 aromatic heterocycles. The van der Waals surface area contributed by atoms with Gasteiger partial charge in [-0.3, -0.25) is 0 Å². The molecule has 0 radical (unpaired) electrons. The van der Waals surface area contributed by atoms with Gasteiger partial charge >= 0.3 is 16.5 Å². The van der Waals surface area contributed by atoms with Crippen LogP contribution in [0.5, 0.6) is 0 Å². The second-order valence-electron chi connectivity index (χ2n) is 0.126. The number of hydrogen-bond acceptors (Lipinski definition) is 4. The van der Waals surface area contributed by atoms with Crippen molar-refractivity contribution in [3.05, 3.63) is 0 Å². The zero-order chi connectivity index (χ0) is 5.41. The summed E-state index contributed by atoms with van der Waals surface area (Å²) in [6, 6.07) is 0. The van der Waals surface area contributed by atoms with Crippen LogP contribution in [0.25, 0.3) is 0 Å². The molecule has 48 valence electrons. The molecule has 0 heterocycles. The zero-order valence-electron chi connectivity index (χ0n) is 2.71. The summed E-state index contributed by atoms with van der Waals surface area (Å²) in [5, 5.41) is 0. The van der Waals surface area contributed by atoms with Crippen LogP contribution >= 0.6 is 0 Å². The molecule has 0 fully saturated rings. The molecule has 0 bridgehead atoms. The van der Waals surface area contributed by atoms with E-state index in [1.54, 1.807) is 0 Å². The van der Waals surface area contributed by atoms with Crippen LogP contribution in [-0.2, 0) is 16.5 Å². The van der Waals surface area contributed by atoms with Gasteiger partial charge in [0.2, 0.25) is 0 Å². The van der Waals surface area contributed by atoms with Gasteiger partial charge in [0.05, 0.1) is 22.7 Å². The molecule has 0 unspecified atom stereocenters. The van der Waals surface area contributed by atoms with E-state index in [0.29, 0.717) is 0 Å². The monoisotopic (exact) mass is 192 g/mol.